The highest BCUT2D eigenvalue weighted by Gasteiger charge is 2.22. The number of rotatable bonds is 8. The Hall–Kier alpha value is -0.620. The van der Waals surface area contributed by atoms with E-state index in [9.17, 15) is 0 Å². The van der Waals surface area contributed by atoms with Crippen molar-refractivity contribution in [1.29, 1.82) is 0 Å². The predicted octanol–water partition coefficient (Wildman–Crippen LogP) is 2.66. The van der Waals surface area contributed by atoms with Crippen LogP contribution < -0.4 is 5.32 Å². The van der Waals surface area contributed by atoms with Crippen LogP contribution in [-0.2, 0) is 0 Å². The molecule has 108 valence electrons. The Labute approximate surface area is 119 Å². The van der Waals surface area contributed by atoms with Crippen LogP contribution in [0.2, 0.25) is 0 Å². The minimum absolute atomic E-state index is 0.503. The van der Waals surface area contributed by atoms with E-state index in [0.29, 0.717) is 11.3 Å². The summed E-state index contributed by atoms with van der Waals surface area (Å²) in [6.07, 6.45) is 7.56. The molecule has 0 aliphatic heterocycles. The Morgan fingerprint density at radius 1 is 1.42 bits per heavy atom. The van der Waals surface area contributed by atoms with Crippen molar-refractivity contribution in [2.75, 3.05) is 13.1 Å². The number of nitrogens with zero attached hydrogens (tertiary/aromatic N) is 4. The van der Waals surface area contributed by atoms with Gasteiger partial charge in [0, 0.05) is 11.8 Å². The third-order valence-corrected chi connectivity index (χ3v) is 4.63. The van der Waals surface area contributed by atoms with Crippen LogP contribution in [0.3, 0.4) is 0 Å². The molecule has 0 amide bonds. The molecule has 1 aliphatic rings. The minimum Gasteiger partial charge on any atom is -0.316 e. The maximum absolute atomic E-state index is 4.18. The summed E-state index contributed by atoms with van der Waals surface area (Å²) in [6, 6.07) is 0.526. The first-order chi connectivity index (χ1) is 9.31. The maximum atomic E-state index is 4.18. The van der Waals surface area contributed by atoms with Gasteiger partial charge in [-0.3, -0.25) is 0 Å². The lowest BCUT2D eigenvalue weighted by Crippen LogP contribution is -2.24. The summed E-state index contributed by atoms with van der Waals surface area (Å²) < 4.78 is 2.04. The van der Waals surface area contributed by atoms with Gasteiger partial charge in [-0.2, -0.15) is 0 Å². The van der Waals surface area contributed by atoms with E-state index in [1.807, 2.05) is 4.68 Å². The molecule has 1 heterocycles. The normalized spacial score (nSPS) is 18.0. The molecule has 0 spiro atoms. The smallest absolute Gasteiger partial charge is 0.209 e. The van der Waals surface area contributed by atoms with Crippen LogP contribution in [0.5, 0.6) is 0 Å². The van der Waals surface area contributed by atoms with Crippen LogP contribution in [0.1, 0.15) is 58.4 Å². The van der Waals surface area contributed by atoms with Crippen molar-refractivity contribution in [3.63, 3.8) is 0 Å². The topological polar surface area (TPSA) is 55.6 Å². The first-order valence-corrected chi connectivity index (χ1v) is 8.34. The number of tetrazole rings is 1. The molecule has 1 aliphatic carbocycles. The molecule has 1 fully saturated rings. The molecule has 1 N–H and O–H groups in total. The van der Waals surface area contributed by atoms with Gasteiger partial charge < -0.3 is 5.32 Å². The zero-order valence-electron chi connectivity index (χ0n) is 12.0. The third-order valence-electron chi connectivity index (χ3n) is 3.58. The third kappa shape index (κ3) is 4.45. The SMILES string of the molecule is CCCCNCC(C)Sc1nnnn1C1CCCC1. The minimum atomic E-state index is 0.503. The lowest BCUT2D eigenvalue weighted by Gasteiger charge is -2.14. The molecule has 5 nitrogen and oxygen atoms in total. The predicted molar refractivity (Wildman–Crippen MR) is 78.4 cm³/mol. The van der Waals surface area contributed by atoms with Crippen molar-refractivity contribution in [1.82, 2.24) is 25.5 Å². The van der Waals surface area contributed by atoms with Gasteiger partial charge in [-0.15, -0.1) is 5.10 Å². The second kappa shape index (κ2) is 7.85. The molecule has 0 saturated heterocycles. The van der Waals surface area contributed by atoms with Crippen molar-refractivity contribution in [3.05, 3.63) is 0 Å². The number of thioether (sulfide) groups is 1. The van der Waals surface area contributed by atoms with E-state index in [-0.39, 0.29) is 0 Å². The van der Waals surface area contributed by atoms with Gasteiger partial charge in [0.25, 0.3) is 0 Å². The lowest BCUT2D eigenvalue weighted by molar-refractivity contribution is 0.422. The lowest BCUT2D eigenvalue weighted by atomic mass is 10.3. The number of hydrogen-bond donors (Lipinski definition) is 1. The molecule has 1 aromatic rings. The van der Waals surface area contributed by atoms with Crippen LogP contribution in [0.15, 0.2) is 5.16 Å². The number of hydrogen-bond acceptors (Lipinski definition) is 5. The van der Waals surface area contributed by atoms with Crippen LogP contribution >= 0.6 is 11.8 Å². The van der Waals surface area contributed by atoms with Crippen molar-refractivity contribution < 1.29 is 0 Å². The highest BCUT2D eigenvalue weighted by Crippen LogP contribution is 2.32. The summed E-state index contributed by atoms with van der Waals surface area (Å²) >= 11 is 1.79. The number of aromatic nitrogens is 4. The molecule has 1 atom stereocenters. The largest absolute Gasteiger partial charge is 0.316 e. The zero-order chi connectivity index (χ0) is 13.5. The van der Waals surface area contributed by atoms with E-state index < -0.39 is 0 Å². The highest BCUT2D eigenvalue weighted by atomic mass is 32.2. The molecule has 2 rings (SSSR count). The molecule has 0 radical (unpaired) electrons. The maximum Gasteiger partial charge on any atom is 0.209 e. The van der Waals surface area contributed by atoms with E-state index >= 15 is 0 Å². The molecule has 0 bridgehead atoms. The van der Waals surface area contributed by atoms with Crippen LogP contribution in [0.25, 0.3) is 0 Å². The summed E-state index contributed by atoms with van der Waals surface area (Å²) in [6.45, 7) is 6.57. The van der Waals surface area contributed by atoms with Crippen LogP contribution in [0.4, 0.5) is 0 Å². The van der Waals surface area contributed by atoms with Crippen molar-refractivity contribution >= 4 is 11.8 Å². The van der Waals surface area contributed by atoms with Gasteiger partial charge >= 0.3 is 0 Å². The van der Waals surface area contributed by atoms with Crippen LogP contribution in [-0.4, -0.2) is 38.5 Å². The molecular weight excluding hydrogens is 258 g/mol. The molecule has 19 heavy (non-hydrogen) atoms. The standard InChI is InChI=1S/C13H25N5S/c1-3-4-9-14-10-11(2)19-13-15-16-17-18(13)12-7-5-6-8-12/h11-12,14H,3-10H2,1-2H3. The van der Waals surface area contributed by atoms with Crippen molar-refractivity contribution in [2.45, 2.75) is 68.8 Å². The summed E-state index contributed by atoms with van der Waals surface area (Å²) in [5.41, 5.74) is 0. The van der Waals surface area contributed by atoms with E-state index in [1.54, 1.807) is 11.8 Å². The fraction of sp³-hybridized carbons (Fsp3) is 0.923. The Bertz CT molecular complexity index is 362. The van der Waals surface area contributed by atoms with Gasteiger partial charge in [-0.1, -0.05) is 44.9 Å². The fourth-order valence-corrected chi connectivity index (χ4v) is 3.41. The monoisotopic (exact) mass is 283 g/mol. The summed E-state index contributed by atoms with van der Waals surface area (Å²) in [5.74, 6) is 0. The molecule has 1 aromatic heterocycles. The van der Waals surface area contributed by atoms with E-state index in [1.165, 1.54) is 38.5 Å². The molecule has 0 aromatic carbocycles. The summed E-state index contributed by atoms with van der Waals surface area (Å²) in [5, 5.41) is 17.2. The second-order valence-corrected chi connectivity index (χ2v) is 6.74. The van der Waals surface area contributed by atoms with E-state index in [2.05, 4.69) is 34.7 Å². The Morgan fingerprint density at radius 3 is 2.95 bits per heavy atom. The van der Waals surface area contributed by atoms with Gasteiger partial charge in [0.05, 0.1) is 6.04 Å². The summed E-state index contributed by atoms with van der Waals surface area (Å²) in [4.78, 5) is 0. The average Bonchev–Trinajstić information content (AvgIpc) is 3.04. The first-order valence-electron chi connectivity index (χ1n) is 7.46. The van der Waals surface area contributed by atoms with Gasteiger partial charge in [0.2, 0.25) is 5.16 Å². The number of unbranched alkanes of at least 4 members (excludes halogenated alkanes) is 1. The molecular formula is C13H25N5S. The highest BCUT2D eigenvalue weighted by molar-refractivity contribution is 7.99. The van der Waals surface area contributed by atoms with E-state index in [4.69, 9.17) is 0 Å². The molecule has 1 saturated carbocycles. The Balaban J connectivity index is 1.80. The Morgan fingerprint density at radius 2 is 2.21 bits per heavy atom. The first kappa shape index (κ1) is 14.8. The van der Waals surface area contributed by atoms with Crippen LogP contribution in [0, 0.1) is 0 Å². The second-order valence-electron chi connectivity index (χ2n) is 5.33. The average molecular weight is 283 g/mol. The zero-order valence-corrected chi connectivity index (χ0v) is 12.8. The van der Waals surface area contributed by atoms with E-state index in [0.717, 1.165) is 18.2 Å². The van der Waals surface area contributed by atoms with Crippen molar-refractivity contribution in [2.24, 2.45) is 0 Å². The van der Waals surface area contributed by atoms with Crippen molar-refractivity contribution in [3.8, 4) is 0 Å². The van der Waals surface area contributed by atoms with Gasteiger partial charge in [-0.25, -0.2) is 4.68 Å². The summed E-state index contributed by atoms with van der Waals surface area (Å²) in [7, 11) is 0. The fourth-order valence-electron chi connectivity index (χ4n) is 2.47. The Kier molecular flexibility index (Phi) is 6.10. The van der Waals surface area contributed by atoms with Gasteiger partial charge in [0.15, 0.2) is 0 Å². The quantitative estimate of drug-likeness (QED) is 0.587. The van der Waals surface area contributed by atoms with Gasteiger partial charge in [-0.05, 0) is 36.2 Å². The molecule has 1 unspecified atom stereocenters. The van der Waals surface area contributed by atoms with Gasteiger partial charge in [0.1, 0.15) is 0 Å². The number of nitrogens with one attached hydrogen (secondary N) is 1. The molecule has 6 heteroatoms.